The SMILES string of the molecule is COc1cc(/C=C2\SC(=O)N(Cc3cccc(Cl)c3)C2=O)ccc1OC(F)F. The minimum Gasteiger partial charge on any atom is -0.493 e. The zero-order valence-corrected chi connectivity index (χ0v) is 16.1. The highest BCUT2D eigenvalue weighted by atomic mass is 35.5. The molecule has 0 saturated carbocycles. The average molecular weight is 426 g/mol. The molecule has 1 saturated heterocycles. The molecule has 0 radical (unpaired) electrons. The fraction of sp³-hybridized carbons (Fsp3) is 0.158. The summed E-state index contributed by atoms with van der Waals surface area (Å²) in [6.45, 7) is -2.88. The lowest BCUT2D eigenvalue weighted by Crippen LogP contribution is -2.27. The fourth-order valence-electron chi connectivity index (χ4n) is 2.57. The number of benzene rings is 2. The third-order valence-electron chi connectivity index (χ3n) is 3.80. The van der Waals surface area contributed by atoms with E-state index in [1.54, 1.807) is 24.3 Å². The van der Waals surface area contributed by atoms with Gasteiger partial charge in [0.05, 0.1) is 18.6 Å². The number of carbonyl (C=O) groups is 2. The van der Waals surface area contributed by atoms with Crippen LogP contribution >= 0.6 is 23.4 Å². The Morgan fingerprint density at radius 3 is 2.64 bits per heavy atom. The average Bonchev–Trinajstić information content (AvgIpc) is 2.90. The highest BCUT2D eigenvalue weighted by Crippen LogP contribution is 2.35. The summed E-state index contributed by atoms with van der Waals surface area (Å²) in [6, 6.07) is 11.1. The molecule has 28 heavy (non-hydrogen) atoms. The topological polar surface area (TPSA) is 55.8 Å². The van der Waals surface area contributed by atoms with Gasteiger partial charge in [-0.2, -0.15) is 8.78 Å². The molecular formula is C19H14ClF2NO4S. The predicted octanol–water partition coefficient (Wildman–Crippen LogP) is 5.19. The first-order valence-electron chi connectivity index (χ1n) is 8.00. The molecule has 0 spiro atoms. The van der Waals surface area contributed by atoms with E-state index >= 15 is 0 Å². The van der Waals surface area contributed by atoms with Gasteiger partial charge in [-0.15, -0.1) is 0 Å². The van der Waals surface area contributed by atoms with E-state index in [0.717, 1.165) is 22.2 Å². The maximum Gasteiger partial charge on any atom is 0.387 e. The molecule has 0 bridgehead atoms. The molecule has 9 heteroatoms. The van der Waals surface area contributed by atoms with Gasteiger partial charge >= 0.3 is 6.61 Å². The van der Waals surface area contributed by atoms with Crippen LogP contribution in [-0.2, 0) is 11.3 Å². The third kappa shape index (κ3) is 4.63. The Labute approximate surface area is 168 Å². The van der Waals surface area contributed by atoms with Gasteiger partial charge in [-0.05, 0) is 53.2 Å². The van der Waals surface area contributed by atoms with Gasteiger partial charge in [0.15, 0.2) is 11.5 Å². The number of rotatable bonds is 6. The Hall–Kier alpha value is -2.58. The van der Waals surface area contributed by atoms with Crippen LogP contribution in [-0.4, -0.2) is 29.8 Å². The summed E-state index contributed by atoms with van der Waals surface area (Å²) in [5, 5.41) is 0.110. The number of nitrogens with zero attached hydrogens (tertiary/aromatic N) is 1. The van der Waals surface area contributed by atoms with E-state index in [2.05, 4.69) is 4.74 Å². The molecule has 0 N–H and O–H groups in total. The molecule has 0 atom stereocenters. The normalized spacial score (nSPS) is 15.6. The van der Waals surface area contributed by atoms with Gasteiger partial charge in [-0.3, -0.25) is 14.5 Å². The molecule has 2 aromatic rings. The smallest absolute Gasteiger partial charge is 0.387 e. The van der Waals surface area contributed by atoms with Gasteiger partial charge in [0.2, 0.25) is 0 Å². The molecule has 0 unspecified atom stereocenters. The zero-order valence-electron chi connectivity index (χ0n) is 14.5. The van der Waals surface area contributed by atoms with Crippen molar-refractivity contribution >= 4 is 40.6 Å². The van der Waals surface area contributed by atoms with Crippen molar-refractivity contribution in [3.05, 3.63) is 63.5 Å². The van der Waals surface area contributed by atoms with Gasteiger partial charge in [0, 0.05) is 5.02 Å². The standard InChI is InChI=1S/C19H14ClF2NO4S/c1-26-15-8-11(5-6-14(15)27-18(21)22)9-16-17(24)23(19(25)28-16)10-12-3-2-4-13(20)7-12/h2-9,18H,10H2,1H3/b16-9-. The lowest BCUT2D eigenvalue weighted by molar-refractivity contribution is -0.123. The maximum atomic E-state index is 12.6. The van der Waals surface area contributed by atoms with Crippen LogP contribution in [0.25, 0.3) is 6.08 Å². The number of amides is 2. The molecule has 1 fully saturated rings. The van der Waals surface area contributed by atoms with Crippen LogP contribution in [0.1, 0.15) is 11.1 Å². The zero-order chi connectivity index (χ0) is 20.3. The molecule has 5 nitrogen and oxygen atoms in total. The number of hydrogen-bond acceptors (Lipinski definition) is 5. The summed E-state index contributed by atoms with van der Waals surface area (Å²) in [6.07, 6.45) is 1.50. The highest BCUT2D eigenvalue weighted by molar-refractivity contribution is 8.18. The van der Waals surface area contributed by atoms with Crippen molar-refractivity contribution in [3.8, 4) is 11.5 Å². The van der Waals surface area contributed by atoms with E-state index in [9.17, 15) is 18.4 Å². The van der Waals surface area contributed by atoms with E-state index in [-0.39, 0.29) is 22.9 Å². The van der Waals surface area contributed by atoms with Crippen LogP contribution in [0.4, 0.5) is 13.6 Å². The number of alkyl halides is 2. The number of methoxy groups -OCH3 is 1. The van der Waals surface area contributed by atoms with E-state index in [1.807, 2.05) is 0 Å². The third-order valence-corrected chi connectivity index (χ3v) is 4.95. The largest absolute Gasteiger partial charge is 0.493 e. The highest BCUT2D eigenvalue weighted by Gasteiger charge is 2.35. The van der Waals surface area contributed by atoms with Crippen molar-refractivity contribution in [2.75, 3.05) is 7.11 Å². The van der Waals surface area contributed by atoms with Gasteiger partial charge in [0.1, 0.15) is 0 Å². The number of hydrogen-bond donors (Lipinski definition) is 0. The van der Waals surface area contributed by atoms with E-state index < -0.39 is 17.8 Å². The Kier molecular flexibility index (Phi) is 6.21. The molecule has 1 heterocycles. The van der Waals surface area contributed by atoms with Crippen LogP contribution in [0.2, 0.25) is 5.02 Å². The number of halogens is 3. The number of carbonyl (C=O) groups excluding carboxylic acids is 2. The van der Waals surface area contributed by atoms with Crippen molar-refractivity contribution in [1.29, 1.82) is 0 Å². The predicted molar refractivity (Wildman–Crippen MR) is 103 cm³/mol. The summed E-state index contributed by atoms with van der Waals surface area (Å²) < 4.78 is 34.2. The van der Waals surface area contributed by atoms with Crippen LogP contribution < -0.4 is 9.47 Å². The molecule has 3 rings (SSSR count). The number of thioether (sulfide) groups is 1. The van der Waals surface area contributed by atoms with Gasteiger partial charge in [-0.1, -0.05) is 29.8 Å². The van der Waals surface area contributed by atoms with E-state index in [4.69, 9.17) is 16.3 Å². The van der Waals surface area contributed by atoms with Crippen LogP contribution in [0.5, 0.6) is 11.5 Å². The van der Waals surface area contributed by atoms with Gasteiger partial charge in [0.25, 0.3) is 11.1 Å². The number of imide groups is 1. The van der Waals surface area contributed by atoms with E-state index in [1.165, 1.54) is 31.4 Å². The molecule has 2 aromatic carbocycles. The quantitative estimate of drug-likeness (QED) is 0.596. The lowest BCUT2D eigenvalue weighted by atomic mass is 10.1. The van der Waals surface area contributed by atoms with Gasteiger partial charge < -0.3 is 9.47 Å². The Morgan fingerprint density at radius 2 is 1.96 bits per heavy atom. The van der Waals surface area contributed by atoms with Crippen LogP contribution in [0.15, 0.2) is 47.4 Å². The summed E-state index contributed by atoms with van der Waals surface area (Å²) in [7, 11) is 1.32. The first kappa shape index (κ1) is 20.2. The fourth-order valence-corrected chi connectivity index (χ4v) is 3.62. The second-order valence-corrected chi connectivity index (χ2v) is 7.12. The van der Waals surface area contributed by atoms with Crippen molar-refractivity contribution in [2.24, 2.45) is 0 Å². The molecule has 0 aromatic heterocycles. The Bertz CT molecular complexity index is 951. The maximum absolute atomic E-state index is 12.6. The van der Waals surface area contributed by atoms with Crippen molar-refractivity contribution in [1.82, 2.24) is 4.90 Å². The second kappa shape index (κ2) is 8.62. The summed E-state index contributed by atoms with van der Waals surface area (Å²) in [5.74, 6) is -0.474. The monoisotopic (exact) mass is 425 g/mol. The summed E-state index contributed by atoms with van der Waals surface area (Å²) in [5.41, 5.74) is 1.23. The molecule has 1 aliphatic rings. The molecule has 0 aliphatic carbocycles. The van der Waals surface area contributed by atoms with Crippen molar-refractivity contribution in [3.63, 3.8) is 0 Å². The van der Waals surface area contributed by atoms with Crippen molar-refractivity contribution < 1.29 is 27.8 Å². The van der Waals surface area contributed by atoms with E-state index in [0.29, 0.717) is 10.6 Å². The number of ether oxygens (including phenoxy) is 2. The minimum absolute atomic E-state index is 0.0900. The minimum atomic E-state index is -2.98. The molecular weight excluding hydrogens is 412 g/mol. The second-order valence-electron chi connectivity index (χ2n) is 5.69. The summed E-state index contributed by atoms with van der Waals surface area (Å²) in [4.78, 5) is 26.2. The first-order valence-corrected chi connectivity index (χ1v) is 9.19. The van der Waals surface area contributed by atoms with Gasteiger partial charge in [-0.25, -0.2) is 0 Å². The molecule has 2 amide bonds. The Morgan fingerprint density at radius 1 is 1.18 bits per heavy atom. The first-order chi connectivity index (χ1) is 13.4. The lowest BCUT2D eigenvalue weighted by Gasteiger charge is -2.12. The van der Waals surface area contributed by atoms with Crippen molar-refractivity contribution in [2.45, 2.75) is 13.2 Å². The molecule has 146 valence electrons. The van der Waals surface area contributed by atoms with Crippen LogP contribution in [0.3, 0.4) is 0 Å². The Balaban J connectivity index is 1.81. The summed E-state index contributed by atoms with van der Waals surface area (Å²) >= 11 is 6.74. The van der Waals surface area contributed by atoms with Crippen LogP contribution in [0, 0.1) is 0 Å². The molecule has 1 aliphatic heterocycles.